The van der Waals surface area contributed by atoms with Crippen molar-refractivity contribution in [1.29, 1.82) is 0 Å². The third-order valence-electron chi connectivity index (χ3n) is 24.9. The Morgan fingerprint density at radius 3 is 0.655 bits per heavy atom. The second kappa shape index (κ2) is 59.4. The van der Waals surface area contributed by atoms with E-state index < -0.39 is 34.5 Å². The molecule has 10 heteroatoms. The molecule has 5 nitrogen and oxygen atoms in total. The summed E-state index contributed by atoms with van der Waals surface area (Å²) in [7, 11) is -8.62. The van der Waals surface area contributed by atoms with E-state index in [2.05, 4.69) is 414 Å². The van der Waals surface area contributed by atoms with Gasteiger partial charge in [-0.3, -0.25) is 4.79 Å². The van der Waals surface area contributed by atoms with E-state index in [1.54, 1.807) is 60.3 Å². The lowest BCUT2D eigenvalue weighted by Gasteiger charge is -2.34. The molecule has 770 valence electrons. The van der Waals surface area contributed by atoms with Crippen molar-refractivity contribution in [2.24, 2.45) is 0 Å². The number of ether oxygens (including phenoxy) is 1. The van der Waals surface area contributed by atoms with Gasteiger partial charge in [0.05, 0.1) is 9.79 Å². The van der Waals surface area contributed by atoms with Gasteiger partial charge >= 0.3 is 0 Å². The Hall–Kier alpha value is -13.7. The zero-order valence-electron chi connectivity index (χ0n) is 87.3. The summed E-state index contributed by atoms with van der Waals surface area (Å²) >= 11 is 1.80. The molecule has 0 N–H and O–H groups in total. The van der Waals surface area contributed by atoms with Gasteiger partial charge in [0.15, 0.2) is 5.78 Å². The molecular weight excluding hydrogens is 1890 g/mol. The van der Waals surface area contributed by atoms with Gasteiger partial charge in [-0.05, 0) is 289 Å². The first-order chi connectivity index (χ1) is 67.7. The fourth-order valence-electron chi connectivity index (χ4n) is 15.6. The van der Waals surface area contributed by atoms with Crippen molar-refractivity contribution in [3.63, 3.8) is 0 Å². The molecule has 0 aliphatic rings. The largest absolute Gasteiger partial charge is 0.457 e. The average molecular weight is 2050 g/mol. The van der Waals surface area contributed by atoms with E-state index in [1.807, 2.05) is 125 Å². The van der Waals surface area contributed by atoms with Crippen LogP contribution in [0.25, 0.3) is 44.5 Å². The van der Waals surface area contributed by atoms with Crippen molar-refractivity contribution < 1.29 is 22.1 Å². The third-order valence-corrected chi connectivity index (χ3v) is 38.8. The van der Waals surface area contributed by atoms with Crippen LogP contribution in [0.5, 0.6) is 11.5 Å². The lowest BCUT2D eigenvalue weighted by molar-refractivity contribution is 0.103. The van der Waals surface area contributed by atoms with Crippen LogP contribution in [-0.4, -0.2) is 38.9 Å². The summed E-state index contributed by atoms with van der Waals surface area (Å²) in [6, 6.07) is 149. The molecule has 18 aromatic rings. The van der Waals surface area contributed by atoms with Crippen LogP contribution in [0.2, 0.25) is 39.3 Å². The minimum absolute atomic E-state index is 0. The number of carbonyl (C=O) groups excluding carboxylic acids is 1. The standard InChI is InChI=1S/C21H20.C20H18.C18H26OSi2.C16H20Si.C15H14O.C14H14O2S.C14H14O.C14H14S.6CH4/c1-15-4-8-18(9-5-15)20-12-17(3)13-21(14-20)19-10-6-16(2)7-11-19;1-15-6-10-17(11-7-15)19-4-3-5-20(14-19)18-12-8-16(2)9-13-18;1-15-7-11-17(12-8-15)20(3,4)19-21(5,6)18-13-9-16(2)10-14-18;1-13-5-9-15(10-6-13)17(3,4)16-11-7-14(2)8-12-16;1-11-3-7-13(8-4-11)15(16)14-9-5-12(2)6-10-14;1-11-3-7-13(8-4-11)17(15,16)14-9-5-12(2)6-10-14;2*1-11-3-7-13(8-4-11)15-14-9-5-12(2)6-10-14;;;;;;/h4-14H,1-3H3;3-14H,1-2H3;7-14H,1-6H3;5-12H,1-4H3;3-10H,1-2H3;3-10H,1-2H3;2*3-10H,1-2H3;6*1H4. The van der Waals surface area contributed by atoms with E-state index in [1.165, 1.54) is 158 Å². The molecule has 0 spiro atoms. The van der Waals surface area contributed by atoms with Gasteiger partial charge in [-0.2, -0.15) is 0 Å². The predicted molar refractivity (Wildman–Crippen MR) is 658 cm³/mol. The normalized spacial score (nSPS) is 10.5. The Bertz CT molecular complexity index is 6610. The maximum atomic E-state index is 12.3. The molecule has 0 fully saturated rings. The van der Waals surface area contributed by atoms with Crippen LogP contribution in [0, 0.1) is 118 Å². The Morgan fingerprint density at radius 2 is 0.405 bits per heavy atom. The average Bonchev–Trinajstić information content (AvgIpc) is 0.869. The summed E-state index contributed by atoms with van der Waals surface area (Å²) in [6.45, 7) is 49.5. The molecule has 0 atom stereocenters. The minimum Gasteiger partial charge on any atom is -0.457 e. The number of carbonyl (C=O) groups is 1. The maximum Gasteiger partial charge on any atom is 0.206 e. The minimum atomic E-state index is -3.37. The molecule has 0 saturated heterocycles. The van der Waals surface area contributed by atoms with Crippen LogP contribution < -0.4 is 25.5 Å². The number of sulfone groups is 1. The zero-order chi connectivity index (χ0) is 102. The molecule has 0 radical (unpaired) electrons. The SMILES string of the molecule is C.C.C.C.C.C.Cc1ccc(-c2cc(C)cc(-c3ccc(C)cc3)c2)cc1.Cc1ccc(-c2cccc(-c3ccc(C)cc3)c2)cc1.Cc1ccc(C(=O)c2ccc(C)cc2)cc1.Cc1ccc(Oc2ccc(C)cc2)cc1.Cc1ccc(S(=O)(=O)c2ccc(C)cc2)cc1.Cc1ccc(Sc2ccc(C)cc2)cc1.Cc1ccc([Si](C)(C)O[Si](C)(C)c2ccc(C)cc2)cc1.Cc1ccc([Si](C)(C)c2ccc(C)cc2)cc1. The Kier molecular flexibility index (Phi) is 50.1. The smallest absolute Gasteiger partial charge is 0.206 e. The Balaban J connectivity index is 0.000000297. The molecule has 18 rings (SSSR count). The quantitative estimate of drug-likeness (QED) is 0.0630. The van der Waals surface area contributed by atoms with E-state index >= 15 is 0 Å². The topological polar surface area (TPSA) is 69.7 Å². The molecule has 0 aliphatic carbocycles. The summed E-state index contributed by atoms with van der Waals surface area (Å²) in [5.41, 5.74) is 33.0. The maximum absolute atomic E-state index is 12.3. The van der Waals surface area contributed by atoms with E-state index in [0.717, 1.165) is 33.8 Å². The molecule has 18 aromatic carbocycles. The van der Waals surface area contributed by atoms with Crippen LogP contribution in [0.15, 0.2) is 450 Å². The molecular formula is C138H164O5S2Si3. The van der Waals surface area contributed by atoms with Crippen LogP contribution in [0.1, 0.15) is 155 Å². The fraction of sp³-hybridized carbons (Fsp3) is 0.210. The van der Waals surface area contributed by atoms with Gasteiger partial charge < -0.3 is 8.85 Å². The lowest BCUT2D eigenvalue weighted by atomic mass is 9.96. The van der Waals surface area contributed by atoms with Gasteiger partial charge in [0, 0.05) is 20.9 Å². The van der Waals surface area contributed by atoms with Gasteiger partial charge in [0.2, 0.25) is 26.5 Å². The van der Waals surface area contributed by atoms with Crippen LogP contribution in [0.4, 0.5) is 0 Å². The Labute approximate surface area is 901 Å². The van der Waals surface area contributed by atoms with Crippen LogP contribution in [0.3, 0.4) is 0 Å². The highest BCUT2D eigenvalue weighted by Gasteiger charge is 2.36. The van der Waals surface area contributed by atoms with Crippen LogP contribution >= 0.6 is 11.8 Å². The van der Waals surface area contributed by atoms with Gasteiger partial charge in [-0.15, -0.1) is 0 Å². The van der Waals surface area contributed by atoms with E-state index in [9.17, 15) is 13.2 Å². The first kappa shape index (κ1) is 125. The van der Waals surface area contributed by atoms with Gasteiger partial charge in [-0.1, -0.05) is 515 Å². The number of ketones is 1. The lowest BCUT2D eigenvalue weighted by Crippen LogP contribution is -2.57. The van der Waals surface area contributed by atoms with E-state index in [-0.39, 0.29) is 50.3 Å². The number of rotatable bonds is 18. The van der Waals surface area contributed by atoms with E-state index in [4.69, 9.17) is 8.85 Å². The second-order valence-electron chi connectivity index (χ2n) is 39.0. The summed E-state index contributed by atoms with van der Waals surface area (Å²) in [5, 5.41) is 5.76. The number of hydrogen-bond donors (Lipinski definition) is 0. The number of aryl methyl sites for hydroxylation is 17. The van der Waals surface area contributed by atoms with Crippen molar-refractivity contribution in [3.05, 3.63) is 536 Å². The monoisotopic (exact) mass is 2050 g/mol. The summed E-state index contributed by atoms with van der Waals surface area (Å²) < 4.78 is 37.0. The highest BCUT2D eigenvalue weighted by atomic mass is 32.2. The summed E-state index contributed by atoms with van der Waals surface area (Å²) in [6.07, 6.45) is 0. The molecule has 0 unspecified atom stereocenters. The van der Waals surface area contributed by atoms with Gasteiger partial charge in [0.1, 0.15) is 19.6 Å². The van der Waals surface area contributed by atoms with Crippen molar-refractivity contribution >= 4 is 72.8 Å². The molecule has 0 aromatic heterocycles. The second-order valence-corrected chi connectivity index (χ2v) is 54.5. The summed E-state index contributed by atoms with van der Waals surface area (Å²) in [4.78, 5) is 15.3. The number of benzene rings is 18. The van der Waals surface area contributed by atoms with Gasteiger partial charge in [-0.25, -0.2) is 8.42 Å². The zero-order valence-corrected chi connectivity index (χ0v) is 92.0. The summed E-state index contributed by atoms with van der Waals surface area (Å²) in [5.74, 6) is 1.84. The number of hydrogen-bond acceptors (Lipinski definition) is 6. The van der Waals surface area contributed by atoms with Crippen molar-refractivity contribution in [2.75, 3.05) is 0 Å². The molecule has 0 aliphatic heterocycles. The molecule has 0 amide bonds. The fourth-order valence-corrected chi connectivity index (χ4v) is 28.0. The Morgan fingerprint density at radius 1 is 0.209 bits per heavy atom. The highest BCUT2D eigenvalue weighted by Crippen LogP contribution is 2.33. The third kappa shape index (κ3) is 38.9. The first-order valence-corrected chi connectivity index (χ1v) is 60.0. The first-order valence-electron chi connectivity index (χ1n) is 48.9. The van der Waals surface area contributed by atoms with Crippen LogP contribution in [-0.2, 0) is 14.0 Å². The van der Waals surface area contributed by atoms with Crippen molar-refractivity contribution in [1.82, 2.24) is 0 Å². The van der Waals surface area contributed by atoms with Gasteiger partial charge in [0.25, 0.3) is 0 Å². The predicted octanol–water partition coefficient (Wildman–Crippen LogP) is 37.6. The highest BCUT2D eigenvalue weighted by molar-refractivity contribution is 7.99. The molecule has 148 heavy (non-hydrogen) atoms. The molecule has 0 heterocycles. The van der Waals surface area contributed by atoms with Crippen molar-refractivity contribution in [3.8, 4) is 56.0 Å². The molecule has 0 bridgehead atoms. The van der Waals surface area contributed by atoms with E-state index in [0.29, 0.717) is 9.79 Å². The molecule has 0 saturated carbocycles. The van der Waals surface area contributed by atoms with Crippen molar-refractivity contribution in [2.45, 2.75) is 221 Å².